The van der Waals surface area contributed by atoms with Gasteiger partial charge in [-0.25, -0.2) is 4.98 Å². The third-order valence-electron chi connectivity index (χ3n) is 2.79. The molecule has 0 aliphatic carbocycles. The Morgan fingerprint density at radius 1 is 1.39 bits per heavy atom. The van der Waals surface area contributed by atoms with Gasteiger partial charge in [0.25, 0.3) is 0 Å². The van der Waals surface area contributed by atoms with E-state index in [1.54, 1.807) is 6.20 Å². The Kier molecular flexibility index (Phi) is 3.77. The van der Waals surface area contributed by atoms with Crippen LogP contribution in [0.4, 0.5) is 0 Å². The van der Waals surface area contributed by atoms with E-state index in [9.17, 15) is 4.79 Å². The second-order valence-corrected chi connectivity index (χ2v) is 4.22. The molecular formula is C14H15NO3. The van der Waals surface area contributed by atoms with E-state index >= 15 is 0 Å². The van der Waals surface area contributed by atoms with Crippen molar-refractivity contribution in [1.29, 1.82) is 0 Å². The largest absolute Gasteiger partial charge is 0.481 e. The predicted octanol–water partition coefficient (Wildman–Crippen LogP) is 2.59. The summed E-state index contributed by atoms with van der Waals surface area (Å²) >= 11 is 0. The van der Waals surface area contributed by atoms with Gasteiger partial charge in [-0.3, -0.25) is 4.79 Å². The third kappa shape index (κ3) is 3.20. The van der Waals surface area contributed by atoms with Crippen LogP contribution in [0.1, 0.15) is 29.2 Å². The number of carbonyl (C=O) groups is 1. The van der Waals surface area contributed by atoms with Gasteiger partial charge >= 0.3 is 5.97 Å². The fraction of sp³-hybridized carbons (Fsp3) is 0.286. The lowest BCUT2D eigenvalue weighted by molar-refractivity contribution is -0.137. The maximum Gasteiger partial charge on any atom is 0.303 e. The summed E-state index contributed by atoms with van der Waals surface area (Å²) in [5.74, 6) is 0.428. The van der Waals surface area contributed by atoms with Crippen molar-refractivity contribution in [1.82, 2.24) is 4.98 Å². The maximum absolute atomic E-state index is 10.5. The normalized spacial score (nSPS) is 10.5. The number of carboxylic acids is 1. The van der Waals surface area contributed by atoms with Crippen LogP contribution in [0.5, 0.6) is 0 Å². The number of benzene rings is 1. The first-order chi connectivity index (χ1) is 8.65. The molecule has 0 atom stereocenters. The number of aliphatic carboxylic acids is 1. The monoisotopic (exact) mass is 245 g/mol. The highest BCUT2D eigenvalue weighted by molar-refractivity contribution is 5.66. The predicted molar refractivity (Wildman–Crippen MR) is 66.4 cm³/mol. The van der Waals surface area contributed by atoms with Gasteiger partial charge in [0.2, 0.25) is 0 Å². The highest BCUT2D eigenvalue weighted by Gasteiger charge is 2.08. The zero-order valence-electron chi connectivity index (χ0n) is 10.2. The fourth-order valence-corrected chi connectivity index (χ4v) is 1.75. The number of aryl methyl sites for hydroxylation is 2. The Bertz CT molecular complexity index is 545. The summed E-state index contributed by atoms with van der Waals surface area (Å²) in [7, 11) is 0. The maximum atomic E-state index is 10.5. The van der Waals surface area contributed by atoms with Crippen LogP contribution in [0.25, 0.3) is 0 Å². The van der Waals surface area contributed by atoms with E-state index in [2.05, 4.69) is 4.98 Å². The van der Waals surface area contributed by atoms with Crippen molar-refractivity contribution >= 4 is 5.97 Å². The van der Waals surface area contributed by atoms with Gasteiger partial charge in [0.15, 0.2) is 5.89 Å². The van der Waals surface area contributed by atoms with E-state index in [-0.39, 0.29) is 6.42 Å². The van der Waals surface area contributed by atoms with Crippen LogP contribution in [0.2, 0.25) is 0 Å². The van der Waals surface area contributed by atoms with Crippen molar-refractivity contribution in [3.63, 3.8) is 0 Å². The first-order valence-electron chi connectivity index (χ1n) is 5.85. The average Bonchev–Trinajstić information content (AvgIpc) is 2.77. The van der Waals surface area contributed by atoms with Crippen molar-refractivity contribution in [3.05, 3.63) is 53.2 Å². The Labute approximate surface area is 105 Å². The zero-order chi connectivity index (χ0) is 13.0. The van der Waals surface area contributed by atoms with E-state index in [0.29, 0.717) is 24.5 Å². The topological polar surface area (TPSA) is 63.3 Å². The number of nitrogens with zero attached hydrogens (tertiary/aromatic N) is 1. The van der Waals surface area contributed by atoms with E-state index in [1.807, 2.05) is 31.2 Å². The van der Waals surface area contributed by atoms with Crippen molar-refractivity contribution in [3.8, 4) is 0 Å². The number of aromatic nitrogens is 1. The summed E-state index contributed by atoms with van der Waals surface area (Å²) in [4.78, 5) is 14.6. The van der Waals surface area contributed by atoms with E-state index < -0.39 is 5.97 Å². The molecule has 0 fully saturated rings. The number of rotatable bonds is 5. The van der Waals surface area contributed by atoms with Crippen LogP contribution in [0.3, 0.4) is 0 Å². The lowest BCUT2D eigenvalue weighted by Gasteiger charge is -2.01. The molecule has 4 heteroatoms. The molecule has 0 unspecified atom stereocenters. The molecule has 1 aromatic heterocycles. The second-order valence-electron chi connectivity index (χ2n) is 4.22. The molecule has 0 radical (unpaired) electrons. The van der Waals surface area contributed by atoms with Gasteiger partial charge in [-0.2, -0.15) is 0 Å². The van der Waals surface area contributed by atoms with Crippen molar-refractivity contribution < 1.29 is 14.3 Å². The summed E-state index contributed by atoms with van der Waals surface area (Å²) in [6.07, 6.45) is 2.70. The highest BCUT2D eigenvalue weighted by Crippen LogP contribution is 2.14. The van der Waals surface area contributed by atoms with Crippen LogP contribution < -0.4 is 0 Å². The van der Waals surface area contributed by atoms with E-state index in [1.165, 1.54) is 11.1 Å². The molecule has 0 aliphatic rings. The smallest absolute Gasteiger partial charge is 0.303 e. The lowest BCUT2D eigenvalue weighted by atomic mass is 10.1. The van der Waals surface area contributed by atoms with Gasteiger partial charge in [-0.1, -0.05) is 24.3 Å². The summed E-state index contributed by atoms with van der Waals surface area (Å²) in [6, 6.07) is 8.06. The summed E-state index contributed by atoms with van der Waals surface area (Å²) < 4.78 is 5.52. The van der Waals surface area contributed by atoms with Gasteiger partial charge < -0.3 is 9.52 Å². The minimum absolute atomic E-state index is 0.0685. The molecule has 0 saturated carbocycles. The van der Waals surface area contributed by atoms with Gasteiger partial charge in [0, 0.05) is 12.8 Å². The molecule has 0 bridgehead atoms. The van der Waals surface area contributed by atoms with Crippen LogP contribution in [-0.2, 0) is 17.6 Å². The minimum atomic E-state index is -0.827. The summed E-state index contributed by atoms with van der Waals surface area (Å²) in [5, 5.41) is 8.59. The second kappa shape index (κ2) is 5.49. The highest BCUT2D eigenvalue weighted by atomic mass is 16.4. The van der Waals surface area contributed by atoms with Gasteiger partial charge in [-0.15, -0.1) is 0 Å². The third-order valence-corrected chi connectivity index (χ3v) is 2.79. The molecule has 18 heavy (non-hydrogen) atoms. The van der Waals surface area contributed by atoms with Gasteiger partial charge in [0.05, 0.1) is 12.6 Å². The Morgan fingerprint density at radius 3 is 2.89 bits per heavy atom. The molecule has 1 heterocycles. The van der Waals surface area contributed by atoms with Crippen molar-refractivity contribution in [2.75, 3.05) is 0 Å². The fourth-order valence-electron chi connectivity index (χ4n) is 1.75. The molecule has 94 valence electrons. The Morgan fingerprint density at radius 2 is 2.17 bits per heavy atom. The van der Waals surface area contributed by atoms with Gasteiger partial charge in [0.1, 0.15) is 5.76 Å². The van der Waals surface area contributed by atoms with E-state index in [4.69, 9.17) is 9.52 Å². The molecule has 0 amide bonds. The quantitative estimate of drug-likeness (QED) is 0.879. The summed E-state index contributed by atoms with van der Waals surface area (Å²) in [6.45, 7) is 2.05. The molecule has 2 aromatic rings. The minimum Gasteiger partial charge on any atom is -0.481 e. The standard InChI is InChI=1S/C14H15NO3/c1-10-4-2-3-5-11(10)8-13-15-9-12(18-13)6-7-14(16)17/h2-5,9H,6-8H2,1H3,(H,16,17). The Balaban J connectivity index is 2.02. The Hall–Kier alpha value is -2.10. The number of hydrogen-bond donors (Lipinski definition) is 1. The zero-order valence-corrected chi connectivity index (χ0v) is 10.2. The molecule has 1 N–H and O–H groups in total. The number of hydrogen-bond acceptors (Lipinski definition) is 3. The first kappa shape index (κ1) is 12.4. The van der Waals surface area contributed by atoms with Crippen molar-refractivity contribution in [2.24, 2.45) is 0 Å². The lowest BCUT2D eigenvalue weighted by Crippen LogP contribution is -1.96. The molecule has 4 nitrogen and oxygen atoms in total. The average molecular weight is 245 g/mol. The molecule has 0 aliphatic heterocycles. The molecule has 1 aromatic carbocycles. The van der Waals surface area contributed by atoms with Gasteiger partial charge in [-0.05, 0) is 18.1 Å². The van der Waals surface area contributed by atoms with E-state index in [0.717, 1.165) is 0 Å². The molecule has 2 rings (SSSR count). The number of carboxylic acid groups (broad SMARTS) is 1. The van der Waals surface area contributed by atoms with Crippen LogP contribution in [0.15, 0.2) is 34.9 Å². The molecule has 0 spiro atoms. The molecular weight excluding hydrogens is 230 g/mol. The number of oxazole rings is 1. The SMILES string of the molecule is Cc1ccccc1Cc1ncc(CCC(=O)O)o1. The van der Waals surface area contributed by atoms with Crippen LogP contribution in [-0.4, -0.2) is 16.1 Å². The van der Waals surface area contributed by atoms with Crippen LogP contribution >= 0.6 is 0 Å². The molecule has 0 saturated heterocycles. The van der Waals surface area contributed by atoms with Crippen molar-refractivity contribution in [2.45, 2.75) is 26.2 Å². The van der Waals surface area contributed by atoms with Crippen LogP contribution in [0, 0.1) is 6.92 Å². The first-order valence-corrected chi connectivity index (χ1v) is 5.85. The summed E-state index contributed by atoms with van der Waals surface area (Å²) in [5.41, 5.74) is 2.37.